The highest BCUT2D eigenvalue weighted by Crippen LogP contribution is 2.74. The highest BCUT2D eigenvalue weighted by molar-refractivity contribution is 5.89. The van der Waals surface area contributed by atoms with Crippen LogP contribution in [0.3, 0.4) is 0 Å². The van der Waals surface area contributed by atoms with Crippen LogP contribution in [0, 0.1) is 57.2 Å². The van der Waals surface area contributed by atoms with Crippen molar-refractivity contribution in [2.75, 3.05) is 7.11 Å². The van der Waals surface area contributed by atoms with E-state index in [1.165, 1.54) is 0 Å². The molecule has 4 saturated carbocycles. The van der Waals surface area contributed by atoms with Crippen LogP contribution in [0.1, 0.15) is 103 Å². The first kappa shape index (κ1) is 29.9. The Morgan fingerprint density at radius 1 is 0.929 bits per heavy atom. The van der Waals surface area contributed by atoms with E-state index in [0.29, 0.717) is 41.6 Å². The number of ether oxygens (including phenoxy) is 2. The average Bonchev–Trinajstić information content (AvgIpc) is 2.96. The molecule has 6 rings (SSSR count). The van der Waals surface area contributed by atoms with Gasteiger partial charge in [-0.25, -0.2) is 4.79 Å². The summed E-state index contributed by atoms with van der Waals surface area (Å²) < 4.78 is 11.5. The highest BCUT2D eigenvalue weighted by atomic mass is 16.6. The number of fused-ring (bicyclic) bond motifs is 7. The third-order valence-electron chi connectivity index (χ3n) is 14.1. The Morgan fingerprint density at radius 3 is 2.33 bits per heavy atom. The zero-order valence-electron chi connectivity index (χ0n) is 26.8. The number of carbonyl (C=O) groups is 2. The highest BCUT2D eigenvalue weighted by Gasteiger charge is 2.69. The molecule has 42 heavy (non-hydrogen) atoms. The molecule has 1 aromatic rings. The first-order chi connectivity index (χ1) is 19.8. The van der Waals surface area contributed by atoms with Crippen molar-refractivity contribution >= 4 is 11.9 Å². The Bertz CT molecular complexity index is 1250. The summed E-state index contributed by atoms with van der Waals surface area (Å²) in [6, 6.07) is 9.17. The lowest BCUT2D eigenvalue weighted by molar-refractivity contribution is -0.230. The Labute approximate surface area is 252 Å². The molecule has 0 saturated heterocycles. The molecule has 0 bridgehead atoms. The zero-order chi connectivity index (χ0) is 30.2. The number of esters is 2. The van der Waals surface area contributed by atoms with Crippen molar-refractivity contribution in [3.63, 3.8) is 0 Å². The number of allylic oxidation sites excluding steroid dienone is 2. The molecule has 0 spiro atoms. The number of hydrogen-bond donors (Lipinski definition) is 1. The lowest BCUT2D eigenvalue weighted by Crippen LogP contribution is -2.67. The van der Waals surface area contributed by atoms with E-state index in [2.05, 4.69) is 47.6 Å². The summed E-state index contributed by atoms with van der Waals surface area (Å²) >= 11 is 0. The normalized spacial score (nSPS) is 45.7. The molecule has 0 aliphatic heterocycles. The fourth-order valence-corrected chi connectivity index (χ4v) is 11.8. The minimum Gasteiger partial charge on any atom is -0.469 e. The van der Waals surface area contributed by atoms with Gasteiger partial charge in [-0.05, 0) is 115 Å². The van der Waals surface area contributed by atoms with E-state index in [0.717, 1.165) is 44.9 Å². The number of benzene rings is 1. The Kier molecular flexibility index (Phi) is 7.27. The molecule has 4 fully saturated rings. The molecule has 0 radical (unpaired) electrons. The summed E-state index contributed by atoms with van der Waals surface area (Å²) in [6.45, 7) is 14.3. The maximum absolute atomic E-state index is 13.2. The van der Waals surface area contributed by atoms with Crippen molar-refractivity contribution < 1.29 is 24.2 Å². The molecular formula is C37H52O5. The maximum Gasteiger partial charge on any atom is 0.338 e. The van der Waals surface area contributed by atoms with E-state index in [4.69, 9.17) is 9.47 Å². The SMILES string of the molecule is COC(=O)[C@@H]1CC[C@H](C)[C@H]2C3=CC[C@H]4[C@@]5(C)C[C@@H](OC(=O)c6ccccc6)[C@H](O)C(C)(C)[C@H]5CC[C@@]4(C)[C@]3(C)CC[C@H]21. The number of rotatable bonds is 3. The van der Waals surface area contributed by atoms with Gasteiger partial charge >= 0.3 is 11.9 Å². The molecule has 0 amide bonds. The third kappa shape index (κ3) is 4.11. The van der Waals surface area contributed by atoms with Crippen LogP contribution in [0.5, 0.6) is 0 Å². The molecule has 0 unspecified atom stereocenters. The van der Waals surface area contributed by atoms with Gasteiger partial charge in [0.2, 0.25) is 0 Å². The second kappa shape index (κ2) is 10.2. The molecule has 230 valence electrons. The van der Waals surface area contributed by atoms with Crippen LogP contribution >= 0.6 is 0 Å². The van der Waals surface area contributed by atoms with Gasteiger partial charge in [0.1, 0.15) is 6.10 Å². The molecule has 1 N–H and O–H groups in total. The average molecular weight is 577 g/mol. The van der Waals surface area contributed by atoms with Gasteiger partial charge in [0.05, 0.1) is 24.7 Å². The first-order valence-electron chi connectivity index (χ1n) is 16.5. The maximum atomic E-state index is 13.2. The fraction of sp³-hybridized carbons (Fsp3) is 0.730. The van der Waals surface area contributed by atoms with Crippen LogP contribution in [-0.4, -0.2) is 36.4 Å². The summed E-state index contributed by atoms with van der Waals surface area (Å²) in [4.78, 5) is 26.0. The zero-order valence-corrected chi connectivity index (χ0v) is 26.8. The van der Waals surface area contributed by atoms with E-state index in [1.807, 2.05) is 18.2 Å². The van der Waals surface area contributed by atoms with Crippen LogP contribution < -0.4 is 0 Å². The number of methoxy groups -OCH3 is 1. The van der Waals surface area contributed by atoms with Crippen LogP contribution in [0.4, 0.5) is 0 Å². The van der Waals surface area contributed by atoms with Gasteiger partial charge < -0.3 is 14.6 Å². The van der Waals surface area contributed by atoms with Crippen molar-refractivity contribution in [2.24, 2.45) is 57.2 Å². The lowest BCUT2D eigenvalue weighted by atomic mass is 9.34. The van der Waals surface area contributed by atoms with E-state index < -0.39 is 12.2 Å². The molecule has 5 heteroatoms. The smallest absolute Gasteiger partial charge is 0.338 e. The van der Waals surface area contributed by atoms with E-state index in [9.17, 15) is 14.7 Å². The first-order valence-corrected chi connectivity index (χ1v) is 16.5. The number of hydrogen-bond acceptors (Lipinski definition) is 5. The summed E-state index contributed by atoms with van der Waals surface area (Å²) in [7, 11) is 1.54. The molecule has 11 atom stereocenters. The molecule has 5 aliphatic rings. The molecule has 5 aliphatic carbocycles. The van der Waals surface area contributed by atoms with Crippen molar-refractivity contribution in [1.29, 1.82) is 0 Å². The van der Waals surface area contributed by atoms with Crippen LogP contribution in [0.2, 0.25) is 0 Å². The summed E-state index contributed by atoms with van der Waals surface area (Å²) in [5.74, 6) is 1.80. The molecule has 5 nitrogen and oxygen atoms in total. The second-order valence-electron chi connectivity index (χ2n) is 16.0. The Hall–Kier alpha value is -2.14. The van der Waals surface area contributed by atoms with Crippen LogP contribution in [0.25, 0.3) is 0 Å². The standard InChI is InChI=1S/C37H52O5/c1-22-13-14-25(33(40)41-7)24-17-19-36(5)26(30(22)24)15-16-29-35(4)21-27(42-32(39)23-11-9-8-10-12-23)31(38)34(2,3)28(35)18-20-37(29,36)6/h8-12,15,22,24-25,27-31,38H,13-14,16-21H2,1-7H3/t22-,24-,25+,27+,28+,29-,30+,31-,35-,36+,37+/m0/s1. The topological polar surface area (TPSA) is 72.8 Å². The Morgan fingerprint density at radius 2 is 1.64 bits per heavy atom. The van der Waals surface area contributed by atoms with Crippen molar-refractivity contribution in [2.45, 2.75) is 105 Å². The largest absolute Gasteiger partial charge is 0.469 e. The van der Waals surface area contributed by atoms with Gasteiger partial charge in [0.25, 0.3) is 0 Å². The fourth-order valence-electron chi connectivity index (χ4n) is 11.8. The van der Waals surface area contributed by atoms with Crippen LogP contribution in [0.15, 0.2) is 42.0 Å². The predicted molar refractivity (Wildman–Crippen MR) is 163 cm³/mol. The van der Waals surface area contributed by atoms with Gasteiger partial charge in [0.15, 0.2) is 0 Å². The number of carbonyl (C=O) groups excluding carboxylic acids is 2. The third-order valence-corrected chi connectivity index (χ3v) is 14.1. The molecule has 1 aromatic carbocycles. The molecule has 0 heterocycles. The summed E-state index contributed by atoms with van der Waals surface area (Å²) in [5.41, 5.74) is 1.86. The van der Waals surface area contributed by atoms with Crippen molar-refractivity contribution in [3.8, 4) is 0 Å². The monoisotopic (exact) mass is 576 g/mol. The number of aliphatic hydroxyl groups excluding tert-OH is 1. The van der Waals surface area contributed by atoms with E-state index in [-0.39, 0.29) is 39.5 Å². The summed E-state index contributed by atoms with van der Waals surface area (Å²) in [6.07, 6.45) is 9.47. The predicted octanol–water partition coefficient (Wildman–Crippen LogP) is 7.62. The van der Waals surface area contributed by atoms with Gasteiger partial charge in [-0.2, -0.15) is 0 Å². The summed E-state index contributed by atoms with van der Waals surface area (Å²) in [5, 5.41) is 11.7. The molecular weight excluding hydrogens is 524 g/mol. The van der Waals surface area contributed by atoms with Gasteiger partial charge in [-0.3, -0.25) is 4.79 Å². The van der Waals surface area contributed by atoms with Crippen molar-refractivity contribution in [1.82, 2.24) is 0 Å². The minimum absolute atomic E-state index is 0.0149. The minimum atomic E-state index is -0.702. The Balaban J connectivity index is 1.35. The van der Waals surface area contributed by atoms with E-state index in [1.54, 1.807) is 24.8 Å². The lowest BCUT2D eigenvalue weighted by Gasteiger charge is -2.71. The van der Waals surface area contributed by atoms with Gasteiger partial charge in [-0.1, -0.05) is 71.4 Å². The number of aliphatic hydroxyl groups is 1. The molecule has 0 aromatic heterocycles. The second-order valence-corrected chi connectivity index (χ2v) is 16.0. The van der Waals surface area contributed by atoms with E-state index >= 15 is 0 Å². The van der Waals surface area contributed by atoms with Crippen molar-refractivity contribution in [3.05, 3.63) is 47.5 Å². The van der Waals surface area contributed by atoms with Gasteiger partial charge in [0, 0.05) is 0 Å². The van der Waals surface area contributed by atoms with Gasteiger partial charge in [-0.15, -0.1) is 0 Å². The quantitative estimate of drug-likeness (QED) is 0.296. The van der Waals surface area contributed by atoms with Crippen LogP contribution in [-0.2, 0) is 14.3 Å².